The first-order chi connectivity index (χ1) is 14.1. The third-order valence-electron chi connectivity index (χ3n) is 4.96. The minimum absolute atomic E-state index is 0.127. The van der Waals surface area contributed by atoms with E-state index in [9.17, 15) is 9.18 Å². The molecule has 29 heavy (non-hydrogen) atoms. The molecule has 1 heterocycles. The Bertz CT molecular complexity index is 1000. The smallest absolute Gasteiger partial charge is 0.251 e. The number of hydrogen-bond donors (Lipinski definition) is 1. The van der Waals surface area contributed by atoms with E-state index in [-0.39, 0.29) is 24.6 Å². The van der Waals surface area contributed by atoms with E-state index >= 15 is 0 Å². The Morgan fingerprint density at radius 1 is 0.931 bits per heavy atom. The fourth-order valence-electron chi connectivity index (χ4n) is 3.41. The predicted octanol–water partition coefficient (Wildman–Crippen LogP) is 4.45. The number of carbonyl (C=O) groups excluding carboxylic acids is 1. The summed E-state index contributed by atoms with van der Waals surface area (Å²) in [5.41, 5.74) is 3.71. The number of amides is 1. The molecule has 4 rings (SSSR count). The van der Waals surface area contributed by atoms with E-state index in [1.165, 1.54) is 12.1 Å². The quantitative estimate of drug-likeness (QED) is 0.676. The zero-order valence-corrected chi connectivity index (χ0v) is 16.2. The van der Waals surface area contributed by atoms with Gasteiger partial charge in [-0.3, -0.25) is 4.79 Å². The Labute approximate surface area is 169 Å². The Hall–Kier alpha value is -3.34. The zero-order valence-electron chi connectivity index (χ0n) is 16.2. The van der Waals surface area contributed by atoms with Crippen LogP contribution in [0.4, 0.5) is 4.39 Å². The molecular weight excluding hydrogens is 369 g/mol. The number of nitrogens with one attached hydrogen (secondary N) is 1. The van der Waals surface area contributed by atoms with E-state index in [0.29, 0.717) is 24.2 Å². The van der Waals surface area contributed by atoms with E-state index in [4.69, 9.17) is 9.47 Å². The molecule has 0 bridgehead atoms. The fourth-order valence-corrected chi connectivity index (χ4v) is 3.41. The summed E-state index contributed by atoms with van der Waals surface area (Å²) in [6.07, 6.45) is 1.21. The van der Waals surface area contributed by atoms with Crippen molar-refractivity contribution < 1.29 is 18.7 Å². The molecule has 1 atom stereocenters. The normalized spacial score (nSPS) is 13.2. The number of fused-ring (bicyclic) bond motifs is 1. The van der Waals surface area contributed by atoms with Gasteiger partial charge in [-0.25, -0.2) is 4.39 Å². The van der Waals surface area contributed by atoms with E-state index in [2.05, 4.69) is 5.32 Å². The molecule has 0 saturated carbocycles. The Balaban J connectivity index is 1.53. The average molecular weight is 391 g/mol. The zero-order chi connectivity index (χ0) is 20.2. The lowest BCUT2D eigenvalue weighted by atomic mass is 9.98. The van der Waals surface area contributed by atoms with Crippen molar-refractivity contribution >= 4 is 5.91 Å². The van der Waals surface area contributed by atoms with E-state index in [1.807, 2.05) is 49.4 Å². The van der Waals surface area contributed by atoms with Gasteiger partial charge in [0.2, 0.25) is 6.79 Å². The van der Waals surface area contributed by atoms with Crippen LogP contribution in [0.1, 0.15) is 27.0 Å². The summed E-state index contributed by atoms with van der Waals surface area (Å²) in [5, 5.41) is 3.13. The number of halogens is 1. The summed E-state index contributed by atoms with van der Waals surface area (Å²) < 4.78 is 24.1. The fraction of sp³-hybridized carbons (Fsp3) is 0.208. The van der Waals surface area contributed by atoms with Crippen molar-refractivity contribution in [2.24, 2.45) is 0 Å². The van der Waals surface area contributed by atoms with Crippen LogP contribution in [0.25, 0.3) is 0 Å². The van der Waals surface area contributed by atoms with Crippen LogP contribution < -0.4 is 14.8 Å². The molecule has 3 aromatic rings. The van der Waals surface area contributed by atoms with Crippen LogP contribution >= 0.6 is 0 Å². The van der Waals surface area contributed by atoms with Gasteiger partial charge >= 0.3 is 0 Å². The van der Waals surface area contributed by atoms with Crippen molar-refractivity contribution in [3.8, 4) is 11.5 Å². The number of ether oxygens (including phenoxy) is 2. The van der Waals surface area contributed by atoms with Gasteiger partial charge in [-0.15, -0.1) is 0 Å². The molecule has 0 saturated heterocycles. The van der Waals surface area contributed by atoms with Gasteiger partial charge in [0.1, 0.15) is 5.82 Å². The highest BCUT2D eigenvalue weighted by atomic mass is 19.1. The van der Waals surface area contributed by atoms with Crippen LogP contribution in [-0.4, -0.2) is 18.7 Å². The van der Waals surface area contributed by atoms with Gasteiger partial charge < -0.3 is 14.8 Å². The van der Waals surface area contributed by atoms with Gasteiger partial charge in [-0.1, -0.05) is 35.9 Å². The number of hydrogen-bond acceptors (Lipinski definition) is 3. The van der Waals surface area contributed by atoms with E-state index in [1.54, 1.807) is 12.1 Å². The molecule has 0 spiro atoms. The maximum absolute atomic E-state index is 13.3. The Kier molecular flexibility index (Phi) is 5.47. The molecule has 0 radical (unpaired) electrons. The summed E-state index contributed by atoms with van der Waals surface area (Å²) in [7, 11) is 0. The lowest BCUT2D eigenvalue weighted by Crippen LogP contribution is -2.38. The molecular formula is C24H22FNO3. The number of benzene rings is 3. The molecule has 0 aromatic heterocycles. The molecule has 0 aliphatic carbocycles. The van der Waals surface area contributed by atoms with Crippen LogP contribution in [0, 0.1) is 12.7 Å². The summed E-state index contributed by atoms with van der Waals surface area (Å²) in [4.78, 5) is 12.8. The van der Waals surface area contributed by atoms with Crippen molar-refractivity contribution in [2.75, 3.05) is 6.79 Å². The molecule has 1 N–H and O–H groups in total. The molecule has 0 unspecified atom stereocenters. The average Bonchev–Trinajstić information content (AvgIpc) is 3.18. The topological polar surface area (TPSA) is 47.6 Å². The third kappa shape index (κ3) is 4.74. The molecule has 5 heteroatoms. The van der Waals surface area contributed by atoms with Crippen molar-refractivity contribution in [3.05, 3.63) is 94.8 Å². The number of carbonyl (C=O) groups is 1. The lowest BCUT2D eigenvalue weighted by molar-refractivity contribution is 0.0936. The van der Waals surface area contributed by atoms with Crippen molar-refractivity contribution in [1.82, 2.24) is 5.32 Å². The molecule has 148 valence electrons. The van der Waals surface area contributed by atoms with Crippen LogP contribution in [-0.2, 0) is 12.8 Å². The summed E-state index contributed by atoms with van der Waals surface area (Å²) in [6.45, 7) is 2.21. The molecule has 1 aliphatic rings. The molecule has 1 aliphatic heterocycles. The first kappa shape index (κ1) is 19.0. The molecule has 3 aromatic carbocycles. The van der Waals surface area contributed by atoms with Gasteiger partial charge in [-0.05, 0) is 67.3 Å². The minimum atomic E-state index is -0.273. The summed E-state index contributed by atoms with van der Waals surface area (Å²) in [5.74, 6) is 1.04. The Morgan fingerprint density at radius 3 is 2.34 bits per heavy atom. The van der Waals surface area contributed by atoms with Crippen LogP contribution in [0.3, 0.4) is 0 Å². The first-order valence-electron chi connectivity index (χ1n) is 9.57. The van der Waals surface area contributed by atoms with Crippen molar-refractivity contribution in [3.63, 3.8) is 0 Å². The largest absolute Gasteiger partial charge is 0.454 e. The summed E-state index contributed by atoms with van der Waals surface area (Å²) >= 11 is 0. The highest BCUT2D eigenvalue weighted by Crippen LogP contribution is 2.33. The lowest BCUT2D eigenvalue weighted by Gasteiger charge is -2.20. The molecule has 1 amide bonds. The van der Waals surface area contributed by atoms with Crippen LogP contribution in [0.2, 0.25) is 0 Å². The molecule has 4 nitrogen and oxygen atoms in total. The highest BCUT2D eigenvalue weighted by molar-refractivity contribution is 5.94. The van der Waals surface area contributed by atoms with Crippen LogP contribution in [0.15, 0.2) is 66.7 Å². The monoisotopic (exact) mass is 391 g/mol. The summed E-state index contributed by atoms with van der Waals surface area (Å²) in [6, 6.07) is 19.5. The van der Waals surface area contributed by atoms with Crippen molar-refractivity contribution in [2.45, 2.75) is 25.8 Å². The standard InChI is InChI=1S/C24H22FNO3/c1-16-2-7-19(8-3-16)24(27)26-21(12-17-4-9-20(25)10-5-17)13-18-6-11-22-23(14-18)29-15-28-22/h2-11,14,21H,12-13,15H2,1H3,(H,26,27)/t21-/m0/s1. The second kappa shape index (κ2) is 8.35. The van der Waals surface area contributed by atoms with Crippen molar-refractivity contribution in [1.29, 1.82) is 0 Å². The first-order valence-corrected chi connectivity index (χ1v) is 9.57. The number of rotatable bonds is 6. The minimum Gasteiger partial charge on any atom is -0.454 e. The van der Waals surface area contributed by atoms with E-state index < -0.39 is 0 Å². The van der Waals surface area contributed by atoms with Gasteiger partial charge in [0.05, 0.1) is 0 Å². The van der Waals surface area contributed by atoms with Gasteiger partial charge in [0, 0.05) is 11.6 Å². The van der Waals surface area contributed by atoms with Gasteiger partial charge in [0.25, 0.3) is 5.91 Å². The second-order valence-corrected chi connectivity index (χ2v) is 7.26. The predicted molar refractivity (Wildman–Crippen MR) is 109 cm³/mol. The van der Waals surface area contributed by atoms with Gasteiger partial charge in [0.15, 0.2) is 11.5 Å². The highest BCUT2D eigenvalue weighted by Gasteiger charge is 2.18. The molecule has 0 fully saturated rings. The SMILES string of the molecule is Cc1ccc(C(=O)N[C@@H](Cc2ccc(F)cc2)Cc2ccc3c(c2)OCO3)cc1. The third-order valence-corrected chi connectivity index (χ3v) is 4.96. The Morgan fingerprint density at radius 2 is 1.59 bits per heavy atom. The maximum Gasteiger partial charge on any atom is 0.251 e. The maximum atomic E-state index is 13.3. The second-order valence-electron chi connectivity index (χ2n) is 7.26. The van der Waals surface area contributed by atoms with E-state index in [0.717, 1.165) is 22.4 Å². The number of aryl methyl sites for hydroxylation is 1. The van der Waals surface area contributed by atoms with Crippen LogP contribution in [0.5, 0.6) is 11.5 Å². The van der Waals surface area contributed by atoms with Gasteiger partial charge in [-0.2, -0.15) is 0 Å².